The van der Waals surface area contributed by atoms with Gasteiger partial charge in [-0.25, -0.2) is 0 Å². The molecule has 0 N–H and O–H groups in total. The second-order valence-electron chi connectivity index (χ2n) is 16.1. The number of hydrogen-bond acceptors (Lipinski definition) is 7. The van der Waals surface area contributed by atoms with Gasteiger partial charge < -0.3 is 27.9 Å². The number of phosphoric ester groups is 1. The molecule has 0 aromatic carbocycles. The van der Waals surface area contributed by atoms with E-state index in [9.17, 15) is 14.3 Å². The predicted molar refractivity (Wildman–Crippen MR) is 217 cm³/mol. The maximum Gasteiger partial charge on any atom is 0.306 e. The smallest absolute Gasteiger partial charge is 0.306 e. The highest BCUT2D eigenvalue weighted by Crippen LogP contribution is 2.38. The molecular formula is C43H86NO7P. The number of ether oxygens (including phenoxy) is 2. The third-order valence-electron chi connectivity index (χ3n) is 9.57. The number of unbranched alkanes of at least 4 members (excludes halogenated alkanes) is 25. The quantitative estimate of drug-likeness (QED) is 0.0201. The largest absolute Gasteiger partial charge is 0.756 e. The number of carbonyl (C=O) groups excluding carboxylic acids is 1. The molecule has 9 heteroatoms. The number of likely N-dealkylation sites (N-methyl/N-ethyl adjacent to an activating group) is 1. The monoisotopic (exact) mass is 760 g/mol. The molecule has 52 heavy (non-hydrogen) atoms. The first kappa shape index (κ1) is 51.2. The van der Waals surface area contributed by atoms with Gasteiger partial charge in [-0.3, -0.25) is 9.36 Å². The SMILES string of the molecule is CCCCC/C=C\CCCCCCCCOCC(COP(=O)([O-])OCC[N+](C)(C)C)OC(=O)CCCCCCCCCCCCCCCCCCC. The van der Waals surface area contributed by atoms with Gasteiger partial charge in [-0.15, -0.1) is 0 Å². The number of esters is 1. The lowest BCUT2D eigenvalue weighted by Gasteiger charge is -2.28. The molecule has 0 spiro atoms. The summed E-state index contributed by atoms with van der Waals surface area (Å²) in [7, 11) is 1.36. The molecular weight excluding hydrogens is 673 g/mol. The van der Waals surface area contributed by atoms with Gasteiger partial charge in [0.25, 0.3) is 7.82 Å². The average Bonchev–Trinajstić information content (AvgIpc) is 3.09. The first-order chi connectivity index (χ1) is 25.1. The van der Waals surface area contributed by atoms with E-state index in [4.69, 9.17) is 18.5 Å². The van der Waals surface area contributed by atoms with Crippen molar-refractivity contribution in [2.75, 3.05) is 54.1 Å². The number of hydrogen-bond donors (Lipinski definition) is 0. The van der Waals surface area contributed by atoms with Crippen LogP contribution in [0.4, 0.5) is 0 Å². The van der Waals surface area contributed by atoms with Crippen LogP contribution in [0.25, 0.3) is 0 Å². The zero-order chi connectivity index (χ0) is 38.4. The lowest BCUT2D eigenvalue weighted by atomic mass is 10.0. The van der Waals surface area contributed by atoms with Gasteiger partial charge >= 0.3 is 5.97 Å². The lowest BCUT2D eigenvalue weighted by molar-refractivity contribution is -0.870. The Morgan fingerprint density at radius 1 is 0.577 bits per heavy atom. The molecule has 0 heterocycles. The Labute approximate surface area is 322 Å². The molecule has 0 bridgehead atoms. The summed E-state index contributed by atoms with van der Waals surface area (Å²) in [5.74, 6) is -0.333. The van der Waals surface area contributed by atoms with Gasteiger partial charge in [0, 0.05) is 13.0 Å². The number of carbonyl (C=O) groups is 1. The van der Waals surface area contributed by atoms with Gasteiger partial charge in [0.05, 0.1) is 34.4 Å². The van der Waals surface area contributed by atoms with Crippen LogP contribution in [-0.2, 0) is 27.9 Å². The van der Waals surface area contributed by atoms with Crippen molar-refractivity contribution in [1.29, 1.82) is 0 Å². The van der Waals surface area contributed by atoms with Crippen molar-refractivity contribution in [3.05, 3.63) is 12.2 Å². The fourth-order valence-corrected chi connectivity index (χ4v) is 6.86. The van der Waals surface area contributed by atoms with E-state index in [0.29, 0.717) is 24.1 Å². The van der Waals surface area contributed by atoms with Crippen molar-refractivity contribution >= 4 is 13.8 Å². The van der Waals surface area contributed by atoms with Crippen LogP contribution < -0.4 is 4.89 Å². The second-order valence-corrected chi connectivity index (χ2v) is 17.5. The number of quaternary nitrogens is 1. The third-order valence-corrected chi connectivity index (χ3v) is 10.5. The summed E-state index contributed by atoms with van der Waals surface area (Å²) < 4.78 is 34.6. The van der Waals surface area contributed by atoms with Crippen LogP contribution >= 0.6 is 7.82 Å². The highest BCUT2D eigenvalue weighted by Gasteiger charge is 2.20. The van der Waals surface area contributed by atoms with E-state index in [2.05, 4.69) is 26.0 Å². The summed E-state index contributed by atoms with van der Waals surface area (Å²) in [6.45, 7) is 5.41. The van der Waals surface area contributed by atoms with E-state index in [1.54, 1.807) is 0 Å². The minimum atomic E-state index is -4.52. The van der Waals surface area contributed by atoms with Gasteiger partial charge in [0.2, 0.25) is 0 Å². The maximum absolute atomic E-state index is 12.7. The minimum absolute atomic E-state index is 0.0281. The maximum atomic E-state index is 12.7. The van der Waals surface area contributed by atoms with Gasteiger partial charge in [-0.2, -0.15) is 0 Å². The van der Waals surface area contributed by atoms with Crippen molar-refractivity contribution in [2.24, 2.45) is 0 Å². The van der Waals surface area contributed by atoms with Crippen molar-refractivity contribution < 1.29 is 37.3 Å². The van der Waals surface area contributed by atoms with Gasteiger partial charge in [0.1, 0.15) is 19.3 Å². The van der Waals surface area contributed by atoms with Crippen LogP contribution in [0.3, 0.4) is 0 Å². The van der Waals surface area contributed by atoms with Crippen molar-refractivity contribution in [3.8, 4) is 0 Å². The summed E-state index contributed by atoms with van der Waals surface area (Å²) in [4.78, 5) is 25.0. The second kappa shape index (κ2) is 37.2. The molecule has 0 fully saturated rings. The average molecular weight is 760 g/mol. The van der Waals surface area contributed by atoms with E-state index >= 15 is 0 Å². The van der Waals surface area contributed by atoms with E-state index in [1.165, 1.54) is 148 Å². The summed E-state index contributed by atoms with van der Waals surface area (Å²) >= 11 is 0. The van der Waals surface area contributed by atoms with Crippen LogP contribution in [0.15, 0.2) is 12.2 Å². The van der Waals surface area contributed by atoms with Gasteiger partial charge in [-0.1, -0.05) is 167 Å². The molecule has 0 aliphatic heterocycles. The first-order valence-corrected chi connectivity index (χ1v) is 23.4. The van der Waals surface area contributed by atoms with Gasteiger partial charge in [0.15, 0.2) is 0 Å². The van der Waals surface area contributed by atoms with E-state index in [1.807, 2.05) is 21.1 Å². The Morgan fingerprint density at radius 3 is 1.50 bits per heavy atom. The van der Waals surface area contributed by atoms with Crippen LogP contribution in [0, 0.1) is 0 Å². The molecule has 0 radical (unpaired) electrons. The number of rotatable bonds is 41. The molecule has 0 saturated heterocycles. The zero-order valence-electron chi connectivity index (χ0n) is 35.0. The summed E-state index contributed by atoms with van der Waals surface area (Å²) in [6.07, 6.45) is 39.3. The molecule has 0 saturated carbocycles. The molecule has 0 aliphatic rings. The van der Waals surface area contributed by atoms with Crippen LogP contribution in [0.1, 0.15) is 200 Å². The third kappa shape index (κ3) is 40.4. The predicted octanol–water partition coefficient (Wildman–Crippen LogP) is 12.0. The number of phosphoric acid groups is 1. The minimum Gasteiger partial charge on any atom is -0.756 e. The number of allylic oxidation sites excluding steroid dienone is 2. The standard InChI is InChI=1S/C43H86NO7P/c1-6-8-10-12-14-16-18-20-21-22-23-24-26-28-30-32-34-36-43(45)51-42(41-50-52(46,47)49-39-37-44(3,4)5)40-48-38-35-33-31-29-27-25-19-17-15-13-11-9-7-2/h15,17,42H,6-14,16,18-41H2,1-5H3/b17-15-. The fourth-order valence-electron chi connectivity index (χ4n) is 6.13. The Bertz CT molecular complexity index is 848. The molecule has 0 aromatic rings. The Kier molecular flexibility index (Phi) is 36.6. The molecule has 8 nitrogen and oxygen atoms in total. The van der Waals surface area contributed by atoms with E-state index < -0.39 is 13.9 Å². The first-order valence-electron chi connectivity index (χ1n) is 21.9. The van der Waals surface area contributed by atoms with Crippen LogP contribution in [0.2, 0.25) is 0 Å². The Hall–Kier alpha value is -0.760. The molecule has 2 unspecified atom stereocenters. The Morgan fingerprint density at radius 2 is 1.00 bits per heavy atom. The molecule has 310 valence electrons. The van der Waals surface area contributed by atoms with E-state index in [0.717, 1.165) is 32.1 Å². The Balaban J connectivity index is 4.20. The fraction of sp³-hybridized carbons (Fsp3) is 0.930. The van der Waals surface area contributed by atoms with E-state index in [-0.39, 0.29) is 25.8 Å². The molecule has 0 aromatic heterocycles. The van der Waals surface area contributed by atoms with Crippen LogP contribution in [0.5, 0.6) is 0 Å². The van der Waals surface area contributed by atoms with Crippen LogP contribution in [-0.4, -0.2) is 70.7 Å². The van der Waals surface area contributed by atoms with Crippen molar-refractivity contribution in [3.63, 3.8) is 0 Å². The van der Waals surface area contributed by atoms with Gasteiger partial charge in [-0.05, 0) is 38.5 Å². The molecule has 0 aliphatic carbocycles. The number of nitrogens with zero attached hydrogens (tertiary/aromatic N) is 1. The zero-order valence-corrected chi connectivity index (χ0v) is 35.9. The van der Waals surface area contributed by atoms with Crippen molar-refractivity contribution in [2.45, 2.75) is 206 Å². The summed E-state index contributed by atoms with van der Waals surface area (Å²) in [5, 5.41) is 0. The summed E-state index contributed by atoms with van der Waals surface area (Å²) in [6, 6.07) is 0. The highest BCUT2D eigenvalue weighted by molar-refractivity contribution is 7.45. The molecule has 2 atom stereocenters. The summed E-state index contributed by atoms with van der Waals surface area (Å²) in [5.41, 5.74) is 0. The topological polar surface area (TPSA) is 94.1 Å². The molecule has 0 rings (SSSR count). The molecule has 0 amide bonds. The highest BCUT2D eigenvalue weighted by atomic mass is 31.2. The van der Waals surface area contributed by atoms with Crippen molar-refractivity contribution in [1.82, 2.24) is 0 Å². The normalized spacial score (nSPS) is 13.9. The lowest BCUT2D eigenvalue weighted by Crippen LogP contribution is -2.37.